The van der Waals surface area contributed by atoms with Gasteiger partial charge in [0.1, 0.15) is 16.9 Å². The number of carbonyl (C=O) groups excluding carboxylic acids is 1. The molecule has 154 valence electrons. The molecular weight excluding hydrogens is 394 g/mol. The van der Waals surface area contributed by atoms with Crippen LogP contribution in [0, 0.1) is 20.8 Å². The van der Waals surface area contributed by atoms with Crippen LogP contribution < -0.4 is 10.9 Å². The molecule has 29 heavy (non-hydrogen) atoms. The van der Waals surface area contributed by atoms with E-state index in [0.29, 0.717) is 23.2 Å². The number of hydrogen-bond donors (Lipinski definition) is 1. The van der Waals surface area contributed by atoms with Gasteiger partial charge in [-0.1, -0.05) is 0 Å². The molecule has 0 saturated carbocycles. The van der Waals surface area contributed by atoms with Gasteiger partial charge in [-0.25, -0.2) is 13.2 Å². The molecule has 8 heteroatoms. The summed E-state index contributed by atoms with van der Waals surface area (Å²) in [6.07, 6.45) is 0.765. The maximum absolute atomic E-state index is 12.5. The summed E-state index contributed by atoms with van der Waals surface area (Å²) >= 11 is 0. The lowest BCUT2D eigenvalue weighted by molar-refractivity contribution is -0.121. The fraction of sp³-hybridized carbons (Fsp3) is 0.429. The van der Waals surface area contributed by atoms with Gasteiger partial charge < -0.3 is 14.2 Å². The number of nitrogens with one attached hydrogen (secondary N) is 1. The maximum atomic E-state index is 12.5. The van der Waals surface area contributed by atoms with Crippen LogP contribution in [0.4, 0.5) is 0 Å². The summed E-state index contributed by atoms with van der Waals surface area (Å²) in [5, 5.41) is 4.54. The Hall–Kier alpha value is -2.61. The monoisotopic (exact) mass is 417 g/mol. The van der Waals surface area contributed by atoms with E-state index < -0.39 is 15.5 Å². The standard InChI is InChI=1S/C21H23NO6S/c1-11-13(3)27-18-9-19-17(8-16(11)18)12(2)15(21(24)28-19)4-5-20(23)22-14-6-7-29(25,26)10-14/h8-9,14H,4-7,10H2,1-3H3,(H,22,23)/t14-/m1/s1. The minimum Gasteiger partial charge on any atom is -0.461 e. The highest BCUT2D eigenvalue weighted by atomic mass is 32.2. The van der Waals surface area contributed by atoms with Crippen molar-refractivity contribution in [2.24, 2.45) is 0 Å². The molecule has 1 saturated heterocycles. The lowest BCUT2D eigenvalue weighted by Crippen LogP contribution is -2.35. The Bertz CT molecular complexity index is 1300. The first kappa shape index (κ1) is 19.7. The molecule has 0 unspecified atom stereocenters. The van der Waals surface area contributed by atoms with Crippen LogP contribution in [0.25, 0.3) is 21.9 Å². The van der Waals surface area contributed by atoms with Gasteiger partial charge in [-0.15, -0.1) is 0 Å². The number of amides is 1. The summed E-state index contributed by atoms with van der Waals surface area (Å²) < 4.78 is 34.3. The van der Waals surface area contributed by atoms with Crippen LogP contribution in [0.3, 0.4) is 0 Å². The number of rotatable bonds is 4. The van der Waals surface area contributed by atoms with Crippen molar-refractivity contribution in [1.29, 1.82) is 0 Å². The minimum absolute atomic E-state index is 0.0185. The maximum Gasteiger partial charge on any atom is 0.339 e. The fourth-order valence-electron chi connectivity index (χ4n) is 3.96. The molecule has 3 aromatic rings. The first-order chi connectivity index (χ1) is 13.6. The second-order valence-corrected chi connectivity index (χ2v) is 10.0. The van der Waals surface area contributed by atoms with Gasteiger partial charge in [-0.3, -0.25) is 4.79 Å². The Morgan fingerprint density at radius 3 is 2.48 bits per heavy atom. The molecule has 0 bridgehead atoms. The third-order valence-electron chi connectivity index (χ3n) is 5.78. The average molecular weight is 417 g/mol. The van der Waals surface area contributed by atoms with Crippen LogP contribution in [0.1, 0.15) is 35.3 Å². The van der Waals surface area contributed by atoms with Gasteiger partial charge in [0.2, 0.25) is 5.91 Å². The molecular formula is C21H23NO6S. The smallest absolute Gasteiger partial charge is 0.339 e. The quantitative estimate of drug-likeness (QED) is 0.654. The number of sulfone groups is 1. The molecule has 1 fully saturated rings. The lowest BCUT2D eigenvalue weighted by atomic mass is 10.0. The van der Waals surface area contributed by atoms with Gasteiger partial charge in [-0.05, 0) is 50.8 Å². The first-order valence-corrected chi connectivity index (χ1v) is 11.4. The summed E-state index contributed by atoms with van der Waals surface area (Å²) in [4.78, 5) is 24.7. The molecule has 1 atom stereocenters. The topological polar surface area (TPSA) is 107 Å². The van der Waals surface area contributed by atoms with Crippen LogP contribution in [-0.2, 0) is 21.1 Å². The van der Waals surface area contributed by atoms with E-state index in [1.165, 1.54) is 0 Å². The van der Waals surface area contributed by atoms with E-state index in [0.717, 1.165) is 27.7 Å². The Labute approximate surface area is 168 Å². The Morgan fingerprint density at radius 1 is 1.10 bits per heavy atom. The Morgan fingerprint density at radius 2 is 1.79 bits per heavy atom. The number of benzene rings is 1. The molecule has 1 aliphatic rings. The third kappa shape index (κ3) is 3.69. The van der Waals surface area contributed by atoms with Crippen LogP contribution in [-0.4, -0.2) is 31.9 Å². The molecule has 1 N–H and O–H groups in total. The summed E-state index contributed by atoms with van der Waals surface area (Å²) in [5.74, 6) is 0.645. The molecule has 0 spiro atoms. The molecule has 0 aliphatic carbocycles. The van der Waals surface area contributed by atoms with Gasteiger partial charge >= 0.3 is 5.63 Å². The second kappa shape index (κ2) is 7.02. The normalized spacial score (nSPS) is 18.5. The van der Waals surface area contributed by atoms with E-state index in [2.05, 4.69) is 5.32 Å². The highest BCUT2D eigenvalue weighted by Gasteiger charge is 2.28. The SMILES string of the molecule is Cc1oc2cc3oc(=O)c(CCC(=O)N[C@@H]4CCS(=O)(=O)C4)c(C)c3cc2c1C. The van der Waals surface area contributed by atoms with Crippen molar-refractivity contribution in [3.63, 3.8) is 0 Å². The zero-order valence-electron chi connectivity index (χ0n) is 16.6. The van der Waals surface area contributed by atoms with E-state index in [4.69, 9.17) is 8.83 Å². The van der Waals surface area contributed by atoms with E-state index in [-0.39, 0.29) is 36.3 Å². The zero-order chi connectivity index (χ0) is 20.9. The van der Waals surface area contributed by atoms with E-state index >= 15 is 0 Å². The predicted octanol–water partition coefficient (Wildman–Crippen LogP) is 2.70. The van der Waals surface area contributed by atoms with Crippen LogP contribution >= 0.6 is 0 Å². The van der Waals surface area contributed by atoms with Crippen LogP contribution in [0.5, 0.6) is 0 Å². The summed E-state index contributed by atoms with van der Waals surface area (Å²) in [6.45, 7) is 5.72. The number of furan rings is 1. The first-order valence-electron chi connectivity index (χ1n) is 9.60. The molecule has 0 radical (unpaired) electrons. The van der Waals surface area contributed by atoms with Crippen molar-refractivity contribution in [3.05, 3.63) is 45.0 Å². The Balaban J connectivity index is 1.58. The number of fused-ring (bicyclic) bond motifs is 2. The number of aryl methyl sites for hydroxylation is 3. The highest BCUT2D eigenvalue weighted by molar-refractivity contribution is 7.91. The van der Waals surface area contributed by atoms with E-state index in [9.17, 15) is 18.0 Å². The number of carbonyl (C=O) groups is 1. The van der Waals surface area contributed by atoms with E-state index in [1.54, 1.807) is 6.07 Å². The van der Waals surface area contributed by atoms with Crippen molar-refractivity contribution in [1.82, 2.24) is 5.32 Å². The largest absolute Gasteiger partial charge is 0.461 e. The van der Waals surface area contributed by atoms with Crippen molar-refractivity contribution in [2.45, 2.75) is 46.1 Å². The van der Waals surface area contributed by atoms with Gasteiger partial charge in [-0.2, -0.15) is 0 Å². The van der Waals surface area contributed by atoms with Gasteiger partial charge in [0.05, 0.1) is 11.5 Å². The van der Waals surface area contributed by atoms with Crippen molar-refractivity contribution < 1.29 is 22.0 Å². The number of hydrogen-bond acceptors (Lipinski definition) is 6. The van der Waals surface area contributed by atoms with E-state index in [1.807, 2.05) is 26.8 Å². The molecule has 7 nitrogen and oxygen atoms in total. The van der Waals surface area contributed by atoms with Crippen LogP contribution in [0.2, 0.25) is 0 Å². The van der Waals surface area contributed by atoms with Crippen molar-refractivity contribution in [2.75, 3.05) is 11.5 Å². The Kier molecular flexibility index (Phi) is 4.77. The average Bonchev–Trinajstić information content (AvgIpc) is 3.11. The summed E-state index contributed by atoms with van der Waals surface area (Å²) in [5.41, 5.74) is 2.95. The van der Waals surface area contributed by atoms with Crippen molar-refractivity contribution >= 4 is 37.7 Å². The highest BCUT2D eigenvalue weighted by Crippen LogP contribution is 2.31. The molecule has 1 aliphatic heterocycles. The molecule has 2 aromatic heterocycles. The van der Waals surface area contributed by atoms with Crippen LogP contribution in [0.15, 0.2) is 25.8 Å². The zero-order valence-corrected chi connectivity index (χ0v) is 17.4. The van der Waals surface area contributed by atoms with Gasteiger partial charge in [0, 0.05) is 34.9 Å². The fourth-order valence-corrected chi connectivity index (χ4v) is 5.63. The molecule has 1 aromatic carbocycles. The molecule has 3 heterocycles. The minimum atomic E-state index is -3.05. The summed E-state index contributed by atoms with van der Waals surface area (Å²) in [7, 11) is -3.05. The van der Waals surface area contributed by atoms with Crippen molar-refractivity contribution in [3.8, 4) is 0 Å². The lowest BCUT2D eigenvalue weighted by Gasteiger charge is -2.11. The molecule has 4 rings (SSSR count). The predicted molar refractivity (Wildman–Crippen MR) is 110 cm³/mol. The third-order valence-corrected chi connectivity index (χ3v) is 7.55. The van der Waals surface area contributed by atoms with Gasteiger partial charge in [0.25, 0.3) is 0 Å². The van der Waals surface area contributed by atoms with Gasteiger partial charge in [0.15, 0.2) is 9.84 Å². The molecule has 1 amide bonds. The second-order valence-electron chi connectivity index (χ2n) is 7.79. The summed E-state index contributed by atoms with van der Waals surface area (Å²) in [6, 6.07) is 3.35.